The molecule has 4 bridgehead atoms. The van der Waals surface area contributed by atoms with E-state index in [4.69, 9.17) is 4.52 Å². The predicted molar refractivity (Wildman–Crippen MR) is 94.9 cm³/mol. The summed E-state index contributed by atoms with van der Waals surface area (Å²) in [4.78, 5) is 17.8. The van der Waals surface area contributed by atoms with Crippen molar-refractivity contribution in [1.29, 1.82) is 0 Å². The Kier molecular flexibility index (Phi) is 3.88. The lowest BCUT2D eigenvalue weighted by molar-refractivity contribution is -0.125. The van der Waals surface area contributed by atoms with Gasteiger partial charge in [-0.1, -0.05) is 11.2 Å². The van der Waals surface area contributed by atoms with Crippen molar-refractivity contribution in [3.05, 3.63) is 23.4 Å². The van der Waals surface area contributed by atoms with Gasteiger partial charge >= 0.3 is 0 Å². The van der Waals surface area contributed by atoms with Crippen molar-refractivity contribution in [2.45, 2.75) is 51.0 Å². The van der Waals surface area contributed by atoms with Crippen LogP contribution in [0, 0.1) is 23.7 Å². The van der Waals surface area contributed by atoms with Crippen molar-refractivity contribution in [3.63, 3.8) is 0 Å². The minimum Gasteiger partial charge on any atom is -0.353 e. The number of thiophene rings is 1. The van der Waals surface area contributed by atoms with Crippen LogP contribution in [0.2, 0.25) is 0 Å². The van der Waals surface area contributed by atoms with Crippen molar-refractivity contribution in [2.24, 2.45) is 23.7 Å². The molecule has 0 aromatic carbocycles. The molecule has 1 amide bonds. The van der Waals surface area contributed by atoms with Crippen LogP contribution in [-0.4, -0.2) is 22.1 Å². The molecule has 5 nitrogen and oxygen atoms in total. The van der Waals surface area contributed by atoms with E-state index in [1.54, 1.807) is 11.3 Å². The van der Waals surface area contributed by atoms with E-state index in [1.165, 1.54) is 32.1 Å². The largest absolute Gasteiger partial charge is 0.353 e. The van der Waals surface area contributed by atoms with Crippen LogP contribution in [0.4, 0.5) is 0 Å². The monoisotopic (exact) mass is 357 g/mol. The highest BCUT2D eigenvalue weighted by Gasteiger charge is 2.48. The first-order chi connectivity index (χ1) is 12.2. The number of aromatic nitrogens is 2. The molecule has 0 aliphatic heterocycles. The summed E-state index contributed by atoms with van der Waals surface area (Å²) in [6, 6.07) is 4.34. The fourth-order valence-electron chi connectivity index (χ4n) is 5.50. The van der Waals surface area contributed by atoms with E-state index in [0.29, 0.717) is 42.4 Å². The van der Waals surface area contributed by atoms with Gasteiger partial charge in [-0.25, -0.2) is 0 Å². The highest BCUT2D eigenvalue weighted by atomic mass is 32.1. The SMILES string of the molecule is O=C(CCc1nc(-c2cccs2)no1)NC1C2CC3CC(C2)CC1C3. The Morgan fingerprint density at radius 3 is 2.64 bits per heavy atom. The lowest BCUT2D eigenvalue weighted by Crippen LogP contribution is -2.55. The number of aryl methyl sites for hydroxylation is 1. The molecule has 2 heterocycles. The van der Waals surface area contributed by atoms with Gasteiger partial charge in [0.2, 0.25) is 17.6 Å². The second kappa shape index (κ2) is 6.24. The molecule has 2 aromatic heterocycles. The van der Waals surface area contributed by atoms with Crippen LogP contribution < -0.4 is 5.32 Å². The van der Waals surface area contributed by atoms with Crippen LogP contribution >= 0.6 is 11.3 Å². The summed E-state index contributed by atoms with van der Waals surface area (Å²) >= 11 is 1.59. The molecule has 0 atom stereocenters. The van der Waals surface area contributed by atoms with Gasteiger partial charge in [-0.3, -0.25) is 4.79 Å². The average molecular weight is 357 g/mol. The van der Waals surface area contributed by atoms with E-state index in [9.17, 15) is 4.79 Å². The molecular weight excluding hydrogens is 334 g/mol. The van der Waals surface area contributed by atoms with Crippen LogP contribution in [0.1, 0.15) is 44.4 Å². The molecule has 4 aliphatic rings. The van der Waals surface area contributed by atoms with Crippen molar-refractivity contribution < 1.29 is 9.32 Å². The molecule has 0 unspecified atom stereocenters. The highest BCUT2D eigenvalue weighted by molar-refractivity contribution is 7.13. The van der Waals surface area contributed by atoms with Gasteiger partial charge in [-0.15, -0.1) is 11.3 Å². The maximum Gasteiger partial charge on any atom is 0.227 e. The summed E-state index contributed by atoms with van der Waals surface area (Å²) in [7, 11) is 0. The fraction of sp³-hybridized carbons (Fsp3) is 0.632. The Balaban J connectivity index is 1.16. The molecule has 25 heavy (non-hydrogen) atoms. The Morgan fingerprint density at radius 1 is 1.20 bits per heavy atom. The Morgan fingerprint density at radius 2 is 1.96 bits per heavy atom. The van der Waals surface area contributed by atoms with Gasteiger partial charge in [0, 0.05) is 18.9 Å². The molecule has 6 rings (SSSR count). The summed E-state index contributed by atoms with van der Waals surface area (Å²) in [5, 5.41) is 9.33. The Hall–Kier alpha value is -1.69. The molecular formula is C19H23N3O2S. The Labute approximate surface area is 151 Å². The lowest BCUT2D eigenvalue weighted by atomic mass is 9.54. The third-order valence-corrected chi connectivity index (χ3v) is 7.20. The zero-order valence-corrected chi connectivity index (χ0v) is 15.0. The minimum atomic E-state index is 0.133. The molecule has 0 radical (unpaired) electrons. The van der Waals surface area contributed by atoms with Gasteiger partial charge in [-0.05, 0) is 67.2 Å². The van der Waals surface area contributed by atoms with Crippen LogP contribution in [-0.2, 0) is 11.2 Å². The van der Waals surface area contributed by atoms with Crippen molar-refractivity contribution in [1.82, 2.24) is 15.5 Å². The van der Waals surface area contributed by atoms with Crippen LogP contribution in [0.3, 0.4) is 0 Å². The first-order valence-electron chi connectivity index (χ1n) is 9.40. The maximum atomic E-state index is 12.4. The molecule has 4 fully saturated rings. The smallest absolute Gasteiger partial charge is 0.227 e. The molecule has 0 spiro atoms. The number of nitrogens with one attached hydrogen (secondary N) is 1. The summed E-state index contributed by atoms with van der Waals surface area (Å²) in [5.41, 5.74) is 0. The maximum absolute atomic E-state index is 12.4. The summed E-state index contributed by atoms with van der Waals surface area (Å²) in [6.07, 6.45) is 7.68. The van der Waals surface area contributed by atoms with E-state index < -0.39 is 0 Å². The van der Waals surface area contributed by atoms with Crippen molar-refractivity contribution in [3.8, 4) is 10.7 Å². The van der Waals surface area contributed by atoms with E-state index in [2.05, 4.69) is 15.5 Å². The van der Waals surface area contributed by atoms with E-state index in [-0.39, 0.29) is 5.91 Å². The third-order valence-electron chi connectivity index (χ3n) is 6.33. The summed E-state index contributed by atoms with van der Waals surface area (Å²) < 4.78 is 5.29. The average Bonchev–Trinajstić information content (AvgIpc) is 3.26. The predicted octanol–water partition coefficient (Wildman–Crippen LogP) is 3.67. The van der Waals surface area contributed by atoms with Gasteiger partial charge in [0.25, 0.3) is 0 Å². The van der Waals surface area contributed by atoms with Gasteiger partial charge in [0.05, 0.1) is 4.88 Å². The number of carbonyl (C=O) groups excluding carboxylic acids is 1. The molecule has 0 saturated heterocycles. The molecule has 2 aromatic rings. The fourth-order valence-corrected chi connectivity index (χ4v) is 6.15. The van der Waals surface area contributed by atoms with E-state index in [0.717, 1.165) is 16.7 Å². The molecule has 4 saturated carbocycles. The number of carbonyl (C=O) groups is 1. The summed E-state index contributed by atoms with van der Waals surface area (Å²) in [5.74, 6) is 4.60. The zero-order chi connectivity index (χ0) is 16.8. The number of rotatable bonds is 5. The molecule has 1 N–H and O–H groups in total. The zero-order valence-electron chi connectivity index (χ0n) is 14.2. The van der Waals surface area contributed by atoms with E-state index in [1.807, 2.05) is 17.5 Å². The third kappa shape index (κ3) is 3.01. The number of hydrogen-bond donors (Lipinski definition) is 1. The first-order valence-corrected chi connectivity index (χ1v) is 10.3. The normalized spacial score (nSPS) is 32.9. The number of nitrogens with zero attached hydrogens (tertiary/aromatic N) is 2. The highest BCUT2D eigenvalue weighted by Crippen LogP contribution is 2.53. The number of amides is 1. The van der Waals surface area contributed by atoms with Crippen molar-refractivity contribution in [2.75, 3.05) is 0 Å². The van der Waals surface area contributed by atoms with Crippen LogP contribution in [0.15, 0.2) is 22.0 Å². The second-order valence-electron chi connectivity index (χ2n) is 8.01. The van der Waals surface area contributed by atoms with Gasteiger partial charge < -0.3 is 9.84 Å². The quantitative estimate of drug-likeness (QED) is 0.886. The van der Waals surface area contributed by atoms with Gasteiger partial charge in [0.1, 0.15) is 0 Å². The van der Waals surface area contributed by atoms with Crippen LogP contribution in [0.5, 0.6) is 0 Å². The number of hydrogen-bond acceptors (Lipinski definition) is 5. The van der Waals surface area contributed by atoms with E-state index >= 15 is 0 Å². The van der Waals surface area contributed by atoms with Gasteiger partial charge in [0.15, 0.2) is 0 Å². The van der Waals surface area contributed by atoms with Gasteiger partial charge in [-0.2, -0.15) is 4.98 Å². The topological polar surface area (TPSA) is 68.0 Å². The lowest BCUT2D eigenvalue weighted by Gasteiger charge is -2.54. The van der Waals surface area contributed by atoms with Crippen LogP contribution in [0.25, 0.3) is 10.7 Å². The molecule has 4 aliphatic carbocycles. The summed E-state index contributed by atoms with van der Waals surface area (Å²) in [6.45, 7) is 0. The second-order valence-corrected chi connectivity index (χ2v) is 8.96. The standard InChI is InChI=1S/C19H23N3O2S/c23-16(3-4-17-21-19(22-24-17)15-2-1-5-25-15)20-18-13-7-11-6-12(9-13)10-14(18)8-11/h1-2,5,11-14,18H,3-4,6-10H2,(H,20,23). The van der Waals surface area contributed by atoms with Crippen molar-refractivity contribution >= 4 is 17.2 Å². The molecule has 132 valence electrons. The first kappa shape index (κ1) is 15.6. The minimum absolute atomic E-state index is 0.133. The Bertz CT molecular complexity index is 727. The molecule has 6 heteroatoms.